The molecule has 1 atom stereocenters. The number of nitrogens with one attached hydrogen (secondary N) is 1. The van der Waals surface area contributed by atoms with Gasteiger partial charge in [0, 0.05) is 5.69 Å². The van der Waals surface area contributed by atoms with E-state index in [-0.39, 0.29) is 12.3 Å². The average Bonchev–Trinajstić information content (AvgIpc) is 2.53. The highest BCUT2D eigenvalue weighted by Gasteiger charge is 2.19. The van der Waals surface area contributed by atoms with Gasteiger partial charge in [0.15, 0.2) is 6.10 Å². The molecule has 0 heterocycles. The first-order valence-corrected chi connectivity index (χ1v) is 7.83. The maximum atomic E-state index is 12.4. The van der Waals surface area contributed by atoms with Crippen LogP contribution in [0.3, 0.4) is 0 Å². The third kappa shape index (κ3) is 4.84. The smallest absolute Gasteiger partial charge is 0.307 e. The van der Waals surface area contributed by atoms with Gasteiger partial charge in [0.1, 0.15) is 5.75 Å². The monoisotopic (exact) mass is 327 g/mol. The Morgan fingerprint density at radius 3 is 2.58 bits per heavy atom. The summed E-state index contributed by atoms with van der Waals surface area (Å²) in [6, 6.07) is 14.4. The van der Waals surface area contributed by atoms with Crippen LogP contribution in [0.15, 0.2) is 48.5 Å². The van der Waals surface area contributed by atoms with Crippen molar-refractivity contribution in [2.24, 2.45) is 0 Å². The number of ether oxygens (including phenoxy) is 1. The minimum atomic E-state index is -0.909. The normalized spacial score (nSPS) is 11.6. The highest BCUT2D eigenvalue weighted by atomic mass is 16.5. The molecular formula is C19H21NO4. The van der Waals surface area contributed by atoms with Crippen LogP contribution in [0.25, 0.3) is 0 Å². The van der Waals surface area contributed by atoms with E-state index < -0.39 is 12.1 Å². The van der Waals surface area contributed by atoms with Crippen molar-refractivity contribution in [2.75, 3.05) is 5.32 Å². The summed E-state index contributed by atoms with van der Waals surface area (Å²) in [5.41, 5.74) is 2.16. The lowest BCUT2D eigenvalue weighted by Crippen LogP contribution is -2.32. The van der Waals surface area contributed by atoms with E-state index in [4.69, 9.17) is 9.84 Å². The molecule has 5 heteroatoms. The summed E-state index contributed by atoms with van der Waals surface area (Å²) in [6.07, 6.45) is -0.176. The molecule has 126 valence electrons. The van der Waals surface area contributed by atoms with Crippen molar-refractivity contribution >= 4 is 17.6 Å². The Hall–Kier alpha value is -2.82. The Morgan fingerprint density at radius 1 is 1.17 bits per heavy atom. The van der Waals surface area contributed by atoms with Crippen LogP contribution in [0.2, 0.25) is 0 Å². The molecule has 0 spiro atoms. The molecule has 24 heavy (non-hydrogen) atoms. The van der Waals surface area contributed by atoms with E-state index in [1.165, 1.54) is 0 Å². The molecule has 0 aliphatic heterocycles. The van der Waals surface area contributed by atoms with E-state index >= 15 is 0 Å². The number of aliphatic carboxylic acids is 1. The van der Waals surface area contributed by atoms with Crippen molar-refractivity contribution in [2.45, 2.75) is 32.8 Å². The number of hydrogen-bond donors (Lipinski definition) is 2. The molecule has 0 saturated heterocycles. The van der Waals surface area contributed by atoms with Crippen molar-refractivity contribution < 1.29 is 19.4 Å². The van der Waals surface area contributed by atoms with Crippen molar-refractivity contribution in [3.63, 3.8) is 0 Å². The maximum absolute atomic E-state index is 12.4. The van der Waals surface area contributed by atoms with Gasteiger partial charge in [-0.3, -0.25) is 9.59 Å². The Kier molecular flexibility index (Phi) is 5.95. The van der Waals surface area contributed by atoms with E-state index in [0.717, 1.165) is 5.56 Å². The molecule has 0 aliphatic rings. The lowest BCUT2D eigenvalue weighted by atomic mass is 10.1. The van der Waals surface area contributed by atoms with Gasteiger partial charge in [0.25, 0.3) is 5.91 Å². The highest BCUT2D eigenvalue weighted by molar-refractivity contribution is 5.94. The van der Waals surface area contributed by atoms with Crippen LogP contribution in [-0.4, -0.2) is 23.1 Å². The van der Waals surface area contributed by atoms with Crippen LogP contribution in [0.4, 0.5) is 5.69 Å². The molecule has 2 N–H and O–H groups in total. The van der Waals surface area contributed by atoms with Crippen LogP contribution in [0.5, 0.6) is 5.75 Å². The SMILES string of the molecule is CCC(Oc1ccccc1C)C(=O)Nc1cccc(CC(=O)O)c1. The second kappa shape index (κ2) is 8.15. The number of anilines is 1. The highest BCUT2D eigenvalue weighted by Crippen LogP contribution is 2.20. The standard InChI is InChI=1S/C19H21NO4/c1-3-16(24-17-10-5-4-7-13(17)2)19(23)20-15-9-6-8-14(11-15)12-18(21)22/h4-11,16H,3,12H2,1-2H3,(H,20,23)(H,21,22). The third-order valence-corrected chi connectivity index (χ3v) is 3.58. The molecule has 0 aliphatic carbocycles. The largest absolute Gasteiger partial charge is 0.481 e. The number of carbonyl (C=O) groups is 2. The summed E-state index contributed by atoms with van der Waals surface area (Å²) >= 11 is 0. The molecule has 0 bridgehead atoms. The molecule has 0 fully saturated rings. The number of amides is 1. The summed E-state index contributed by atoms with van der Waals surface area (Å²) < 4.78 is 5.82. The number of aryl methyl sites for hydroxylation is 1. The Morgan fingerprint density at radius 2 is 1.92 bits per heavy atom. The van der Waals surface area contributed by atoms with Crippen LogP contribution < -0.4 is 10.1 Å². The minimum Gasteiger partial charge on any atom is -0.481 e. The van der Waals surface area contributed by atoms with E-state index in [1.54, 1.807) is 24.3 Å². The fourth-order valence-corrected chi connectivity index (χ4v) is 2.32. The molecule has 2 aromatic rings. The first-order chi connectivity index (χ1) is 11.5. The summed E-state index contributed by atoms with van der Waals surface area (Å²) in [7, 11) is 0. The van der Waals surface area contributed by atoms with Crippen molar-refractivity contribution in [1.29, 1.82) is 0 Å². The first kappa shape index (κ1) is 17.5. The summed E-state index contributed by atoms with van der Waals surface area (Å²) in [5.74, 6) is -0.486. The molecular weight excluding hydrogens is 306 g/mol. The number of rotatable bonds is 7. The van der Waals surface area contributed by atoms with E-state index in [0.29, 0.717) is 23.4 Å². The predicted molar refractivity (Wildman–Crippen MR) is 92.3 cm³/mol. The summed E-state index contributed by atoms with van der Waals surface area (Å²) in [6.45, 7) is 3.80. The van der Waals surface area contributed by atoms with Gasteiger partial charge < -0.3 is 15.2 Å². The summed E-state index contributed by atoms with van der Waals surface area (Å²) in [5, 5.41) is 11.6. The second-order valence-corrected chi connectivity index (χ2v) is 5.54. The number of hydrogen-bond acceptors (Lipinski definition) is 3. The predicted octanol–water partition coefficient (Wildman–Crippen LogP) is 3.42. The number of benzene rings is 2. The van der Waals surface area contributed by atoms with Crippen molar-refractivity contribution in [3.8, 4) is 5.75 Å². The Labute approximate surface area is 141 Å². The number of carboxylic acid groups (broad SMARTS) is 1. The third-order valence-electron chi connectivity index (χ3n) is 3.58. The zero-order chi connectivity index (χ0) is 17.5. The van der Waals surface area contributed by atoms with Gasteiger partial charge in [-0.1, -0.05) is 37.3 Å². The first-order valence-electron chi connectivity index (χ1n) is 7.83. The van der Waals surface area contributed by atoms with E-state index in [1.807, 2.05) is 38.1 Å². The molecule has 2 aromatic carbocycles. The molecule has 0 radical (unpaired) electrons. The Bertz CT molecular complexity index is 727. The van der Waals surface area contributed by atoms with Gasteiger partial charge in [0.05, 0.1) is 6.42 Å². The number of carboxylic acids is 1. The summed E-state index contributed by atoms with van der Waals surface area (Å²) in [4.78, 5) is 23.2. The van der Waals surface area contributed by atoms with E-state index in [2.05, 4.69) is 5.32 Å². The van der Waals surface area contributed by atoms with Crippen molar-refractivity contribution in [3.05, 3.63) is 59.7 Å². The molecule has 1 unspecified atom stereocenters. The molecule has 0 aromatic heterocycles. The average molecular weight is 327 g/mol. The van der Waals surface area contributed by atoms with Crippen LogP contribution >= 0.6 is 0 Å². The molecule has 5 nitrogen and oxygen atoms in total. The fraction of sp³-hybridized carbons (Fsp3) is 0.263. The van der Waals surface area contributed by atoms with Gasteiger partial charge in [0.2, 0.25) is 0 Å². The van der Waals surface area contributed by atoms with Gasteiger partial charge in [-0.25, -0.2) is 0 Å². The quantitative estimate of drug-likeness (QED) is 0.817. The maximum Gasteiger partial charge on any atom is 0.307 e. The van der Waals surface area contributed by atoms with Crippen molar-refractivity contribution in [1.82, 2.24) is 0 Å². The van der Waals surface area contributed by atoms with Crippen LogP contribution in [0, 0.1) is 6.92 Å². The van der Waals surface area contributed by atoms with Gasteiger partial charge >= 0.3 is 5.97 Å². The molecule has 2 rings (SSSR count). The number of carbonyl (C=O) groups excluding carboxylic acids is 1. The lowest BCUT2D eigenvalue weighted by Gasteiger charge is -2.18. The topological polar surface area (TPSA) is 75.6 Å². The van der Waals surface area contributed by atoms with Gasteiger partial charge in [-0.2, -0.15) is 0 Å². The lowest BCUT2D eigenvalue weighted by molar-refractivity contribution is -0.136. The van der Waals surface area contributed by atoms with Crippen LogP contribution in [0.1, 0.15) is 24.5 Å². The van der Waals surface area contributed by atoms with Gasteiger partial charge in [-0.05, 0) is 42.7 Å². The Balaban J connectivity index is 2.07. The number of para-hydroxylation sites is 1. The zero-order valence-electron chi connectivity index (χ0n) is 13.8. The molecule has 1 amide bonds. The molecule has 0 saturated carbocycles. The minimum absolute atomic E-state index is 0.0827. The van der Waals surface area contributed by atoms with Crippen LogP contribution in [-0.2, 0) is 16.0 Å². The zero-order valence-corrected chi connectivity index (χ0v) is 13.8. The fourth-order valence-electron chi connectivity index (χ4n) is 2.32. The van der Waals surface area contributed by atoms with E-state index in [9.17, 15) is 9.59 Å². The van der Waals surface area contributed by atoms with Gasteiger partial charge in [-0.15, -0.1) is 0 Å². The second-order valence-electron chi connectivity index (χ2n) is 5.54.